The lowest BCUT2D eigenvalue weighted by molar-refractivity contribution is 0.0972. The molecule has 0 fully saturated rings. The lowest BCUT2D eigenvalue weighted by Gasteiger charge is -2.29. The summed E-state index contributed by atoms with van der Waals surface area (Å²) in [4.78, 5) is 119. The average Bonchev–Trinajstić information content (AvgIpc) is 1.57. The molecule has 11 aromatic carbocycles. The number of hydrogen-bond acceptors (Lipinski definition) is 20. The van der Waals surface area contributed by atoms with E-state index in [4.69, 9.17) is 19.5 Å². The Bertz CT molecular complexity index is 7460. The summed E-state index contributed by atoms with van der Waals surface area (Å²) in [5.74, 6) is 1.15. The Balaban J connectivity index is 0.000000138. The van der Waals surface area contributed by atoms with Crippen LogP contribution in [-0.2, 0) is 4.74 Å². The van der Waals surface area contributed by atoms with Gasteiger partial charge in [-0.25, -0.2) is 0 Å². The number of nitrogens with zero attached hydrogens (tertiary/aromatic N) is 7. The number of fused-ring (bicyclic) bond motifs is 6. The third-order valence-electron chi connectivity index (χ3n) is 26.0. The minimum atomic E-state index is -0.260. The maximum absolute atomic E-state index is 13.3. The van der Waals surface area contributed by atoms with E-state index in [0.29, 0.717) is 109 Å². The Morgan fingerprint density at radius 3 is 1.29 bits per heavy atom. The number of ketones is 8. The van der Waals surface area contributed by atoms with Crippen molar-refractivity contribution in [3.8, 4) is 17.6 Å². The van der Waals surface area contributed by atoms with Crippen LogP contribution < -0.4 is 34.0 Å². The van der Waals surface area contributed by atoms with E-state index in [1.165, 1.54) is 0 Å². The first kappa shape index (κ1) is 99.9. The topological polar surface area (TPSA) is 228 Å². The summed E-state index contributed by atoms with van der Waals surface area (Å²) in [5.41, 5.74) is 21.2. The molecule has 0 unspecified atom stereocenters. The maximum atomic E-state index is 13.3. The summed E-state index contributed by atoms with van der Waals surface area (Å²) < 4.78 is 17.9. The minimum absolute atomic E-state index is 0.110. The highest BCUT2D eigenvalue weighted by molar-refractivity contribution is 8.07. The number of likely N-dealkylation sites (N-methyl/N-ethyl adjacent to an activating group) is 2. The molecule has 8 aliphatic rings. The number of methoxy groups -OCH3 is 1. The molecular formula is C124H109N7O12S. The number of allylic oxidation sites excluding steroid dienone is 22. The Labute approximate surface area is 844 Å². The highest BCUT2D eigenvalue weighted by atomic mass is 32.2. The molecule has 0 bridgehead atoms. The molecule has 1 N–H and O–H groups in total. The van der Waals surface area contributed by atoms with Crippen LogP contribution >= 0.6 is 11.8 Å². The molecule has 0 aromatic heterocycles. The van der Waals surface area contributed by atoms with Crippen LogP contribution in [0.15, 0.2) is 393 Å². The van der Waals surface area contributed by atoms with Crippen molar-refractivity contribution >= 4 is 133 Å². The summed E-state index contributed by atoms with van der Waals surface area (Å²) in [5, 5.41) is 20.3. The van der Waals surface area contributed by atoms with Gasteiger partial charge in [0.2, 0.25) is 0 Å². The first-order valence-corrected chi connectivity index (χ1v) is 48.4. The molecule has 0 amide bonds. The number of aliphatic hydroxyl groups is 1. The number of Topliss-reactive ketones (excluding diaryl/α,β-unsaturated/α-hetero) is 8. The summed E-state index contributed by atoms with van der Waals surface area (Å²) >= 11 is 1.61. The fraction of sp³-hybridized carbons (Fsp3) is 0.153. The van der Waals surface area contributed by atoms with Gasteiger partial charge in [-0.2, -0.15) is 5.26 Å². The maximum Gasteiger partial charge on any atom is 0.198 e. The van der Waals surface area contributed by atoms with Crippen molar-refractivity contribution in [2.24, 2.45) is 0 Å². The number of nitriles is 1. The van der Waals surface area contributed by atoms with Crippen LogP contribution in [-0.4, -0.2) is 146 Å². The number of ether oxygens (including phenoxy) is 3. The Kier molecular flexibility index (Phi) is 30.9. The molecule has 11 aromatic rings. The monoisotopic (exact) mass is 1920 g/mol. The highest BCUT2D eigenvalue weighted by Crippen LogP contribution is 2.44. The highest BCUT2D eigenvalue weighted by Gasteiger charge is 2.40. The number of carbonyl (C=O) groups excluding carboxylic acids is 8. The van der Waals surface area contributed by atoms with Crippen molar-refractivity contribution < 1.29 is 57.7 Å². The fourth-order valence-electron chi connectivity index (χ4n) is 18.1. The molecular weight excluding hydrogens is 1810 g/mol. The van der Waals surface area contributed by atoms with Crippen molar-refractivity contribution in [1.82, 2.24) is 4.90 Å². The first-order chi connectivity index (χ1) is 69.6. The lowest BCUT2D eigenvalue weighted by Crippen LogP contribution is -2.23. The number of thioether (sulfide) groups is 1. The molecule has 144 heavy (non-hydrogen) atoms. The second-order valence-electron chi connectivity index (χ2n) is 35.8. The number of carbonyl (C=O) groups is 8. The standard InChI is InChI=1S/C34H24N2O3.C34H30N2O3.C29H30N2O3.C27H25NO3S/c1-36(20-8-19-35)30-18-16-22(24-9-2-3-10-25(24)30)15-17-23-21-29(26-11-6-7-14-31(26)39-23)32-33(37)27-12-4-5-13-28(27)34(32)38;1-35(2)26-15-9-23(10-16-26)13-19-28-21-25(32-33(37)30-7-5-6-8-31(30)34(32)38)22-29(39-28)20-14-24-11-17-27(18-12-24)36(3)4;1-5-31-20(3)17-22(27-28(33)25-8-6-7-9-26(25)29(27)34)18-24(31)13-11-21-10-12-23(16-19(21)2)30(4)14-15-32;1-5-28(3)20-12-10-18(24(16-20)31-4)11-13-21-15-19(14-17(2)32-21)25-26(29)22-8-6-7-9-23(22)27(25)30/h2-7,9-18,21H,8,20H2,1H3;5-22H,1-4H3;6-13,16-18,32H,5,14-15H2,1-4H3;6-16H,5H2,1-4H3. The number of benzene rings is 11. The molecule has 0 saturated heterocycles. The molecule has 4 aliphatic heterocycles. The number of hydrogen-bond donors (Lipinski definition) is 1. The van der Waals surface area contributed by atoms with E-state index < -0.39 is 0 Å². The molecule has 19 nitrogen and oxygen atoms in total. The number of rotatable bonds is 22. The molecule has 0 spiro atoms. The van der Waals surface area contributed by atoms with Gasteiger partial charge in [0.05, 0.1) is 48.5 Å². The van der Waals surface area contributed by atoms with E-state index in [-0.39, 0.29) is 75.2 Å². The van der Waals surface area contributed by atoms with Crippen molar-refractivity contribution in [2.75, 3.05) is 114 Å². The second kappa shape index (κ2) is 44.6. The zero-order valence-electron chi connectivity index (χ0n) is 82.6. The van der Waals surface area contributed by atoms with Gasteiger partial charge >= 0.3 is 0 Å². The number of aliphatic hydroxyl groups excluding tert-OH is 1. The quantitative estimate of drug-likeness (QED) is 0.0491. The minimum Gasteiger partial charge on any atom is -0.496 e. The molecule has 0 atom stereocenters. The van der Waals surface area contributed by atoms with Gasteiger partial charge in [-0.1, -0.05) is 218 Å². The van der Waals surface area contributed by atoms with Gasteiger partial charge in [0.25, 0.3) is 0 Å². The van der Waals surface area contributed by atoms with Crippen LogP contribution in [0.4, 0.5) is 28.4 Å². The summed E-state index contributed by atoms with van der Waals surface area (Å²) in [6.07, 6.45) is 33.0. The molecule has 0 radical (unpaired) electrons. The van der Waals surface area contributed by atoms with Crippen molar-refractivity contribution in [3.05, 3.63) is 477 Å². The van der Waals surface area contributed by atoms with Gasteiger partial charge in [-0.15, -0.1) is 0 Å². The predicted octanol–water partition coefficient (Wildman–Crippen LogP) is 24.7. The van der Waals surface area contributed by atoms with Crippen molar-refractivity contribution in [1.29, 1.82) is 5.26 Å². The van der Waals surface area contributed by atoms with Gasteiger partial charge < -0.3 is 48.7 Å². The number of para-hydroxylation sites is 1. The van der Waals surface area contributed by atoms with Gasteiger partial charge in [0.1, 0.15) is 28.8 Å². The summed E-state index contributed by atoms with van der Waals surface area (Å²) in [7, 11) is 15.7. The normalized spacial score (nSPS) is 15.1. The second-order valence-corrected chi connectivity index (χ2v) is 37.1. The Hall–Kier alpha value is -17.1. The van der Waals surface area contributed by atoms with Crippen LogP contribution in [0.5, 0.6) is 11.5 Å². The van der Waals surface area contributed by atoms with Gasteiger partial charge in [0.15, 0.2) is 46.3 Å². The third kappa shape index (κ3) is 21.6. The van der Waals surface area contributed by atoms with E-state index in [9.17, 15) is 43.5 Å². The van der Waals surface area contributed by atoms with E-state index in [0.717, 1.165) is 118 Å². The van der Waals surface area contributed by atoms with Gasteiger partial charge in [-0.3, -0.25) is 38.4 Å². The molecule has 4 aliphatic carbocycles. The number of anilines is 5. The molecule has 0 saturated carbocycles. The van der Waals surface area contributed by atoms with Crippen molar-refractivity contribution in [3.63, 3.8) is 0 Å². The third-order valence-corrected chi connectivity index (χ3v) is 26.9. The van der Waals surface area contributed by atoms with Crippen LogP contribution in [0, 0.1) is 18.3 Å². The van der Waals surface area contributed by atoms with Gasteiger partial charge in [-0.05, 0) is 223 Å². The summed E-state index contributed by atoms with van der Waals surface area (Å²) in [6.45, 7) is 13.3. The lowest BCUT2D eigenvalue weighted by atomic mass is 9.93. The fourth-order valence-corrected chi connectivity index (χ4v) is 19.0. The molecule has 718 valence electrons. The van der Waals surface area contributed by atoms with E-state index in [1.54, 1.807) is 134 Å². The van der Waals surface area contributed by atoms with E-state index in [1.807, 2.05) is 260 Å². The first-order valence-electron chi connectivity index (χ1n) is 47.6. The zero-order valence-corrected chi connectivity index (χ0v) is 83.4. The van der Waals surface area contributed by atoms with E-state index in [2.05, 4.69) is 90.1 Å². The molecule has 19 rings (SSSR count). The summed E-state index contributed by atoms with van der Waals surface area (Å²) in [6, 6.07) is 78.5. The van der Waals surface area contributed by atoms with Gasteiger partial charge in [0, 0.05) is 193 Å². The largest absolute Gasteiger partial charge is 0.496 e. The molecule has 4 heterocycles. The smallest absolute Gasteiger partial charge is 0.198 e. The zero-order chi connectivity index (χ0) is 102. The average molecular weight is 1920 g/mol. The Morgan fingerprint density at radius 1 is 0.389 bits per heavy atom. The SMILES string of the molecule is CCN(C)c1ccc(C=CC2=CC(=C3C(=O)c4ccccc4C3=O)C=C(C)S2)c(OC)c1.CCN1C(C)=CC(=C2C(=O)c3ccccc3C2=O)C=C1C=Cc1ccc(N(C)CCO)cc1C.CN(C)c1ccc(C=CC2=CC(=C3C(=O)c4ccccc4C3=O)C=C(C=Cc3ccc(N(C)C)cc3)O2)cc1.CN(CCC#N)c1ccc(C=CC2=CC(=C3C(=O)c4ccccc4C3=O)c3ccccc3O2)c2ccccc12. The van der Waals surface area contributed by atoms with E-state index >= 15 is 0 Å². The van der Waals surface area contributed by atoms with Crippen LogP contribution in [0.3, 0.4) is 0 Å². The number of aryl methyl sites for hydroxylation is 1. The predicted molar refractivity (Wildman–Crippen MR) is 582 cm³/mol. The van der Waals surface area contributed by atoms with Crippen LogP contribution in [0.25, 0.3) is 46.7 Å². The van der Waals surface area contributed by atoms with Crippen LogP contribution in [0.1, 0.15) is 156 Å². The van der Waals surface area contributed by atoms with Crippen molar-refractivity contribution in [2.45, 2.75) is 41.0 Å². The van der Waals surface area contributed by atoms with Crippen LogP contribution in [0.2, 0.25) is 0 Å². The molecule has 20 heteroatoms. The Morgan fingerprint density at radius 2 is 0.812 bits per heavy atom.